The Hall–Kier alpha value is -4.63. The molecule has 42 heavy (non-hydrogen) atoms. The Morgan fingerprint density at radius 3 is 2.50 bits per heavy atom. The molecule has 2 heterocycles. The summed E-state index contributed by atoms with van der Waals surface area (Å²) in [5.74, 6) is 2.88. The van der Waals surface area contributed by atoms with E-state index in [9.17, 15) is 10.2 Å². The minimum absolute atomic E-state index is 0.0626. The largest absolute Gasteiger partial charge is 0.497 e. The maximum Gasteiger partial charge on any atom is 0.138 e. The molecule has 4 N–H and O–H groups in total. The fourth-order valence-corrected chi connectivity index (χ4v) is 5.16. The Balaban J connectivity index is 1.03. The van der Waals surface area contributed by atoms with Crippen LogP contribution in [0.2, 0.25) is 0 Å². The number of methoxy groups -OCH3 is 1. The third kappa shape index (κ3) is 6.01. The summed E-state index contributed by atoms with van der Waals surface area (Å²) in [6.07, 6.45) is 1.56. The van der Waals surface area contributed by atoms with E-state index in [4.69, 9.17) is 14.2 Å². The number of aliphatic hydroxyl groups excluding tert-OH is 2. The third-order valence-corrected chi connectivity index (χ3v) is 7.33. The van der Waals surface area contributed by atoms with Crippen molar-refractivity contribution >= 4 is 32.7 Å². The minimum atomic E-state index is -0.745. The Kier molecular flexibility index (Phi) is 8.18. The number of fused-ring (bicyclic) bond motifs is 4. The maximum atomic E-state index is 10.6. The number of aromatic amines is 1. The highest BCUT2D eigenvalue weighted by molar-refractivity contribution is 6.10. The zero-order valence-electron chi connectivity index (χ0n) is 23.3. The van der Waals surface area contributed by atoms with Crippen LogP contribution in [0.3, 0.4) is 0 Å². The van der Waals surface area contributed by atoms with Crippen molar-refractivity contribution in [3.63, 3.8) is 0 Å². The van der Waals surface area contributed by atoms with E-state index in [-0.39, 0.29) is 25.8 Å². The van der Waals surface area contributed by atoms with Crippen LogP contribution in [0.15, 0.2) is 97.2 Å². The lowest BCUT2D eigenvalue weighted by atomic mass is 10.1. The number of hydrogen-bond acceptors (Lipinski definition) is 7. The predicted molar refractivity (Wildman–Crippen MR) is 165 cm³/mol. The van der Waals surface area contributed by atoms with E-state index in [0.29, 0.717) is 17.9 Å². The van der Waals surface area contributed by atoms with Crippen molar-refractivity contribution in [2.45, 2.75) is 18.6 Å². The molecule has 0 radical (unpaired) electrons. The third-order valence-electron chi connectivity index (χ3n) is 7.33. The molecule has 0 spiro atoms. The highest BCUT2D eigenvalue weighted by Gasteiger charge is 2.15. The monoisotopic (exact) mass is 563 g/mol. The molecular formula is C34H33N3O5. The number of H-pyrrole nitrogens is 1. The number of ether oxygens (including phenoxy) is 3. The van der Waals surface area contributed by atoms with Crippen molar-refractivity contribution in [1.29, 1.82) is 0 Å². The quantitative estimate of drug-likeness (QED) is 0.153. The van der Waals surface area contributed by atoms with Gasteiger partial charge in [0, 0.05) is 46.5 Å². The summed E-state index contributed by atoms with van der Waals surface area (Å²) in [5, 5.41) is 26.9. The molecule has 0 amide bonds. The van der Waals surface area contributed by atoms with Gasteiger partial charge >= 0.3 is 0 Å². The van der Waals surface area contributed by atoms with Gasteiger partial charge in [0.05, 0.1) is 24.8 Å². The molecular weight excluding hydrogens is 530 g/mol. The van der Waals surface area contributed by atoms with Crippen LogP contribution in [0.5, 0.6) is 23.0 Å². The topological polar surface area (TPSA) is 109 Å². The van der Waals surface area contributed by atoms with Gasteiger partial charge in [-0.25, -0.2) is 0 Å². The number of hydrogen-bond donors (Lipinski definition) is 4. The summed E-state index contributed by atoms with van der Waals surface area (Å²) in [6.45, 7) is 0.357. The number of para-hydroxylation sites is 1. The number of benzene rings is 4. The predicted octanol–water partition coefficient (Wildman–Crippen LogP) is 5.60. The van der Waals surface area contributed by atoms with Crippen LogP contribution in [-0.4, -0.2) is 59.2 Å². The van der Waals surface area contributed by atoms with E-state index in [1.165, 1.54) is 0 Å². The van der Waals surface area contributed by atoms with Crippen molar-refractivity contribution < 1.29 is 24.4 Å². The Morgan fingerprint density at radius 2 is 1.67 bits per heavy atom. The van der Waals surface area contributed by atoms with Crippen molar-refractivity contribution in [3.05, 3.63) is 103 Å². The standard InChI is InChI=1S/C34H33N3O5/c1-40-26-13-14-27-31(18-26)35-16-15-32(27)42-25-11-9-22(10-12-25)17-23(20-38)36-19-24(39)21-41-33-8-4-7-30-34(33)28-5-2-3-6-29(28)37-30/h2-16,18,23-24,36-39H,17,19-21H2,1H3/t23-,24-/m0/s1. The van der Waals surface area contributed by atoms with Crippen LogP contribution in [0.1, 0.15) is 5.56 Å². The van der Waals surface area contributed by atoms with E-state index in [1.807, 2.05) is 84.9 Å². The Labute approximate surface area is 243 Å². The van der Waals surface area contributed by atoms with Gasteiger partial charge in [-0.2, -0.15) is 0 Å². The Bertz CT molecular complexity index is 1800. The number of nitrogens with zero attached hydrogens (tertiary/aromatic N) is 1. The summed E-state index contributed by atoms with van der Waals surface area (Å²) in [6, 6.07) is 29.1. The lowest BCUT2D eigenvalue weighted by Gasteiger charge is -2.20. The van der Waals surface area contributed by atoms with Crippen LogP contribution in [-0.2, 0) is 6.42 Å². The smallest absolute Gasteiger partial charge is 0.138 e. The van der Waals surface area contributed by atoms with Gasteiger partial charge in [-0.15, -0.1) is 0 Å². The molecule has 214 valence electrons. The van der Waals surface area contributed by atoms with E-state index < -0.39 is 6.10 Å². The lowest BCUT2D eigenvalue weighted by molar-refractivity contribution is 0.100. The van der Waals surface area contributed by atoms with Crippen molar-refractivity contribution in [2.24, 2.45) is 0 Å². The van der Waals surface area contributed by atoms with Crippen molar-refractivity contribution in [3.8, 4) is 23.0 Å². The number of nitrogens with one attached hydrogen (secondary N) is 2. The van der Waals surface area contributed by atoms with Gasteiger partial charge in [0.2, 0.25) is 0 Å². The first-order chi connectivity index (χ1) is 20.6. The molecule has 0 unspecified atom stereocenters. The highest BCUT2D eigenvalue weighted by atomic mass is 16.5. The van der Waals surface area contributed by atoms with Gasteiger partial charge in [-0.05, 0) is 60.5 Å². The number of pyridine rings is 1. The molecule has 6 aromatic rings. The molecule has 2 atom stereocenters. The van der Waals surface area contributed by atoms with Gasteiger partial charge in [0.15, 0.2) is 0 Å². The molecule has 0 bridgehead atoms. The van der Waals surface area contributed by atoms with Crippen LogP contribution in [0.25, 0.3) is 32.7 Å². The van der Waals surface area contributed by atoms with Crippen molar-refractivity contribution in [2.75, 3.05) is 26.9 Å². The van der Waals surface area contributed by atoms with Gasteiger partial charge in [0.25, 0.3) is 0 Å². The first-order valence-corrected chi connectivity index (χ1v) is 14.0. The fourth-order valence-electron chi connectivity index (χ4n) is 5.16. The second-order valence-electron chi connectivity index (χ2n) is 10.2. The number of aromatic nitrogens is 2. The van der Waals surface area contributed by atoms with Crippen LogP contribution in [0.4, 0.5) is 0 Å². The molecule has 8 heteroatoms. The highest BCUT2D eigenvalue weighted by Crippen LogP contribution is 2.33. The van der Waals surface area contributed by atoms with E-state index in [0.717, 1.165) is 49.8 Å². The van der Waals surface area contributed by atoms with Crippen molar-refractivity contribution in [1.82, 2.24) is 15.3 Å². The first kappa shape index (κ1) is 27.5. The molecule has 0 aliphatic rings. The summed E-state index contributed by atoms with van der Waals surface area (Å²) in [5.41, 5.74) is 3.87. The minimum Gasteiger partial charge on any atom is -0.497 e. The lowest BCUT2D eigenvalue weighted by Crippen LogP contribution is -2.41. The summed E-state index contributed by atoms with van der Waals surface area (Å²) >= 11 is 0. The molecule has 8 nitrogen and oxygen atoms in total. The average molecular weight is 564 g/mol. The molecule has 0 aliphatic heterocycles. The zero-order valence-corrected chi connectivity index (χ0v) is 23.3. The molecule has 0 aliphatic carbocycles. The maximum absolute atomic E-state index is 10.6. The zero-order chi connectivity index (χ0) is 28.9. The first-order valence-electron chi connectivity index (χ1n) is 14.0. The van der Waals surface area contributed by atoms with Crippen LogP contribution in [0, 0.1) is 0 Å². The van der Waals surface area contributed by atoms with Crippen LogP contribution < -0.4 is 19.5 Å². The molecule has 0 saturated carbocycles. The molecule has 0 saturated heterocycles. The summed E-state index contributed by atoms with van der Waals surface area (Å²) in [4.78, 5) is 7.81. The normalized spacial score (nSPS) is 12.9. The summed E-state index contributed by atoms with van der Waals surface area (Å²) < 4.78 is 17.5. The van der Waals surface area contributed by atoms with E-state index >= 15 is 0 Å². The van der Waals surface area contributed by atoms with Crippen LogP contribution >= 0.6 is 0 Å². The fraction of sp³-hybridized carbons (Fsp3) is 0.206. The second kappa shape index (κ2) is 12.5. The average Bonchev–Trinajstić information content (AvgIpc) is 3.42. The molecule has 6 rings (SSSR count). The second-order valence-corrected chi connectivity index (χ2v) is 10.2. The van der Waals surface area contributed by atoms with E-state index in [1.54, 1.807) is 13.3 Å². The SMILES string of the molecule is COc1ccc2c(Oc3ccc(C[C@@H](CO)NC[C@H](O)COc4cccc5[nH]c6ccccc6c45)cc3)ccnc2c1. The van der Waals surface area contributed by atoms with E-state index in [2.05, 4.69) is 21.4 Å². The van der Waals surface area contributed by atoms with Gasteiger partial charge < -0.3 is 34.7 Å². The van der Waals surface area contributed by atoms with Gasteiger partial charge in [0.1, 0.15) is 35.7 Å². The Morgan fingerprint density at radius 1 is 0.857 bits per heavy atom. The molecule has 2 aromatic heterocycles. The summed E-state index contributed by atoms with van der Waals surface area (Å²) in [7, 11) is 1.63. The van der Waals surface area contributed by atoms with Gasteiger partial charge in [-0.1, -0.05) is 36.4 Å². The van der Waals surface area contributed by atoms with Gasteiger partial charge in [-0.3, -0.25) is 4.98 Å². The number of aliphatic hydroxyl groups is 2. The molecule has 0 fully saturated rings. The molecule has 4 aromatic carbocycles. The number of rotatable bonds is 12.